The van der Waals surface area contributed by atoms with Crippen LogP contribution in [0.5, 0.6) is 17.2 Å². The third kappa shape index (κ3) is 3.82. The molecule has 5 unspecified atom stereocenters. The van der Waals surface area contributed by atoms with Crippen LogP contribution >= 0.6 is 0 Å². The number of fused-ring (bicyclic) bond motifs is 1. The molecule has 1 aromatic heterocycles. The smallest absolute Gasteiger partial charge is 0.229 e. The molecule has 4 rings (SSSR count). The van der Waals surface area contributed by atoms with Crippen LogP contribution in [0.3, 0.4) is 0 Å². The van der Waals surface area contributed by atoms with Gasteiger partial charge in [-0.25, -0.2) is 0 Å². The third-order valence-corrected chi connectivity index (χ3v) is 5.12. The summed E-state index contributed by atoms with van der Waals surface area (Å²) in [5, 5.41) is 59.1. The summed E-state index contributed by atoms with van der Waals surface area (Å²) in [6.45, 7) is -0.607. The van der Waals surface area contributed by atoms with E-state index in [1.807, 2.05) is 0 Å². The maximum absolute atomic E-state index is 12.8. The summed E-state index contributed by atoms with van der Waals surface area (Å²) in [7, 11) is 0. The van der Waals surface area contributed by atoms with Crippen molar-refractivity contribution in [2.24, 2.45) is 0 Å². The molecule has 31 heavy (non-hydrogen) atoms. The van der Waals surface area contributed by atoms with E-state index in [4.69, 9.17) is 13.9 Å². The van der Waals surface area contributed by atoms with Crippen LogP contribution in [0.15, 0.2) is 51.9 Å². The molecule has 1 aliphatic rings. The van der Waals surface area contributed by atoms with Gasteiger partial charge in [-0.05, 0) is 24.3 Å². The number of aliphatic hydroxyl groups excluding tert-OH is 4. The molecular weight excluding hydrogens is 412 g/mol. The molecular formula is C21H20O10. The quantitative estimate of drug-likeness (QED) is 0.331. The molecule has 0 radical (unpaired) electrons. The lowest BCUT2D eigenvalue weighted by Crippen LogP contribution is -2.60. The third-order valence-electron chi connectivity index (χ3n) is 5.12. The Hall–Kier alpha value is -3.15. The van der Waals surface area contributed by atoms with Crippen LogP contribution < -0.4 is 10.2 Å². The number of ether oxygens (including phenoxy) is 2. The van der Waals surface area contributed by atoms with Gasteiger partial charge in [-0.2, -0.15) is 0 Å². The van der Waals surface area contributed by atoms with E-state index in [1.54, 1.807) is 0 Å². The second-order valence-electron chi connectivity index (χ2n) is 7.15. The van der Waals surface area contributed by atoms with E-state index >= 15 is 0 Å². The lowest BCUT2D eigenvalue weighted by atomic mass is 9.99. The molecule has 10 nitrogen and oxygen atoms in total. The highest BCUT2D eigenvalue weighted by Crippen LogP contribution is 2.33. The molecule has 1 aliphatic heterocycles. The molecule has 2 aromatic carbocycles. The minimum Gasteiger partial charge on any atom is -0.508 e. The summed E-state index contributed by atoms with van der Waals surface area (Å²) >= 11 is 0. The number of benzene rings is 2. The van der Waals surface area contributed by atoms with Gasteiger partial charge in [-0.3, -0.25) is 4.79 Å². The number of hydrogen-bond donors (Lipinski definition) is 6. The fourth-order valence-corrected chi connectivity index (χ4v) is 3.41. The Bertz CT molecular complexity index is 1150. The molecule has 3 aromatic rings. The lowest BCUT2D eigenvalue weighted by Gasteiger charge is -2.39. The average Bonchev–Trinajstić information content (AvgIpc) is 2.75. The largest absolute Gasteiger partial charge is 0.508 e. The van der Waals surface area contributed by atoms with Crippen molar-refractivity contribution in [2.75, 3.05) is 6.61 Å². The standard InChI is InChI=1S/C21H20O10/c22-7-16-18(26)19(27)20(28)21(31-16)30-10-2-4-11(14(24)6-10)13-8-29-15-5-9(23)1-3-12(15)17(13)25/h1-6,8,16,18-24,26-28H,7H2. The number of phenols is 2. The fourth-order valence-electron chi connectivity index (χ4n) is 3.41. The highest BCUT2D eigenvalue weighted by atomic mass is 16.7. The van der Waals surface area contributed by atoms with Gasteiger partial charge in [0.25, 0.3) is 0 Å². The molecule has 5 atom stereocenters. The van der Waals surface area contributed by atoms with Crippen molar-refractivity contribution in [1.82, 2.24) is 0 Å². The molecule has 0 amide bonds. The Morgan fingerprint density at radius 3 is 2.42 bits per heavy atom. The van der Waals surface area contributed by atoms with Crippen LogP contribution in [-0.4, -0.2) is 68.0 Å². The van der Waals surface area contributed by atoms with E-state index < -0.39 is 42.7 Å². The van der Waals surface area contributed by atoms with E-state index in [0.29, 0.717) is 0 Å². The minimum absolute atomic E-state index is 0.0423. The van der Waals surface area contributed by atoms with Crippen LogP contribution in [0, 0.1) is 0 Å². The first-order chi connectivity index (χ1) is 14.8. The lowest BCUT2D eigenvalue weighted by molar-refractivity contribution is -0.277. The Morgan fingerprint density at radius 1 is 0.935 bits per heavy atom. The highest BCUT2D eigenvalue weighted by molar-refractivity contribution is 5.83. The van der Waals surface area contributed by atoms with Crippen LogP contribution in [0.4, 0.5) is 0 Å². The highest BCUT2D eigenvalue weighted by Gasteiger charge is 2.44. The predicted molar refractivity (Wildman–Crippen MR) is 106 cm³/mol. The zero-order valence-corrected chi connectivity index (χ0v) is 16.0. The van der Waals surface area contributed by atoms with Gasteiger partial charge in [0.1, 0.15) is 53.5 Å². The van der Waals surface area contributed by atoms with Crippen molar-refractivity contribution in [3.63, 3.8) is 0 Å². The van der Waals surface area contributed by atoms with Gasteiger partial charge < -0.3 is 44.5 Å². The summed E-state index contributed by atoms with van der Waals surface area (Å²) in [6.07, 6.45) is -6.13. The number of hydrogen-bond acceptors (Lipinski definition) is 10. The molecule has 0 aliphatic carbocycles. The Kier molecular flexibility index (Phi) is 5.56. The van der Waals surface area contributed by atoms with Crippen molar-refractivity contribution in [2.45, 2.75) is 30.7 Å². The number of aliphatic hydroxyl groups is 4. The summed E-state index contributed by atoms with van der Waals surface area (Å²) in [4.78, 5) is 12.8. The maximum Gasteiger partial charge on any atom is 0.229 e. The van der Waals surface area contributed by atoms with E-state index in [1.165, 1.54) is 36.4 Å². The van der Waals surface area contributed by atoms with Gasteiger partial charge in [-0.15, -0.1) is 0 Å². The van der Waals surface area contributed by atoms with E-state index in [0.717, 1.165) is 6.26 Å². The van der Waals surface area contributed by atoms with Crippen molar-refractivity contribution in [3.05, 3.63) is 52.9 Å². The van der Waals surface area contributed by atoms with Gasteiger partial charge in [0, 0.05) is 17.7 Å². The summed E-state index contributed by atoms with van der Waals surface area (Å²) in [6, 6.07) is 8.03. The van der Waals surface area contributed by atoms with Crippen molar-refractivity contribution >= 4 is 11.0 Å². The normalized spacial score (nSPS) is 26.1. The SMILES string of the molecule is O=c1c(-c2ccc(OC3OC(CO)C(O)C(O)C3O)cc2O)coc2cc(O)ccc12. The second kappa shape index (κ2) is 8.17. The Balaban J connectivity index is 1.62. The van der Waals surface area contributed by atoms with Crippen molar-refractivity contribution in [3.8, 4) is 28.4 Å². The monoisotopic (exact) mass is 432 g/mol. The van der Waals surface area contributed by atoms with Crippen LogP contribution in [0.1, 0.15) is 0 Å². The van der Waals surface area contributed by atoms with Crippen molar-refractivity contribution in [1.29, 1.82) is 0 Å². The zero-order chi connectivity index (χ0) is 22.3. The van der Waals surface area contributed by atoms with Gasteiger partial charge in [0.05, 0.1) is 17.6 Å². The van der Waals surface area contributed by atoms with E-state index in [9.17, 15) is 35.4 Å². The Labute approximate surface area is 174 Å². The summed E-state index contributed by atoms with van der Waals surface area (Å²) < 4.78 is 16.1. The maximum atomic E-state index is 12.8. The first-order valence-corrected chi connectivity index (χ1v) is 9.35. The summed E-state index contributed by atoms with van der Waals surface area (Å²) in [5.74, 6) is -0.339. The minimum atomic E-state index is -1.61. The first kappa shape index (κ1) is 21.1. The molecule has 0 spiro atoms. The van der Waals surface area contributed by atoms with Gasteiger partial charge in [0.2, 0.25) is 11.7 Å². The number of aromatic hydroxyl groups is 2. The van der Waals surface area contributed by atoms with Crippen LogP contribution in [-0.2, 0) is 4.74 Å². The molecule has 0 bridgehead atoms. The summed E-state index contributed by atoms with van der Waals surface area (Å²) in [5.41, 5.74) is 0.00919. The first-order valence-electron chi connectivity index (χ1n) is 9.35. The average molecular weight is 432 g/mol. The molecule has 10 heteroatoms. The van der Waals surface area contributed by atoms with E-state index in [2.05, 4.69) is 0 Å². The zero-order valence-electron chi connectivity index (χ0n) is 16.0. The second-order valence-corrected chi connectivity index (χ2v) is 7.15. The predicted octanol–water partition coefficient (Wildman–Crippen LogP) is 0.0499. The molecule has 2 heterocycles. The topological polar surface area (TPSA) is 170 Å². The molecule has 0 saturated carbocycles. The van der Waals surface area contributed by atoms with Crippen molar-refractivity contribution < 1.29 is 44.5 Å². The van der Waals surface area contributed by atoms with E-state index in [-0.39, 0.29) is 39.3 Å². The van der Waals surface area contributed by atoms with Gasteiger partial charge in [0.15, 0.2) is 0 Å². The Morgan fingerprint density at radius 2 is 1.71 bits per heavy atom. The number of rotatable bonds is 4. The fraction of sp³-hybridized carbons (Fsp3) is 0.286. The van der Waals surface area contributed by atoms with Crippen LogP contribution in [0.2, 0.25) is 0 Å². The molecule has 6 N–H and O–H groups in total. The number of phenolic OH excluding ortho intramolecular Hbond substituents is 2. The molecule has 1 fully saturated rings. The molecule has 164 valence electrons. The van der Waals surface area contributed by atoms with Crippen LogP contribution in [0.25, 0.3) is 22.1 Å². The van der Waals surface area contributed by atoms with Gasteiger partial charge in [-0.1, -0.05) is 0 Å². The van der Waals surface area contributed by atoms with Gasteiger partial charge >= 0.3 is 0 Å². The molecule has 1 saturated heterocycles.